The van der Waals surface area contributed by atoms with E-state index in [1.165, 1.54) is 0 Å². The summed E-state index contributed by atoms with van der Waals surface area (Å²) in [6, 6.07) is 3.74. The largest absolute Gasteiger partial charge is 0.294 e. The van der Waals surface area contributed by atoms with Crippen molar-refractivity contribution in [1.82, 2.24) is 4.98 Å². The third-order valence-corrected chi connectivity index (χ3v) is 1.87. The van der Waals surface area contributed by atoms with Crippen molar-refractivity contribution in [3.05, 3.63) is 36.2 Å². The third-order valence-electron chi connectivity index (χ3n) is 1.87. The molecule has 0 atom stereocenters. The number of allylic oxidation sites excluding steroid dienone is 1. The summed E-state index contributed by atoms with van der Waals surface area (Å²) in [4.78, 5) is 15.4. The Bertz CT molecular complexity index is 333. The molecule has 0 radical (unpaired) electrons. The Balaban J connectivity index is 2.71. The number of rotatable bonds is 2. The molecule has 0 N–H and O–H groups in total. The van der Waals surface area contributed by atoms with Crippen LogP contribution < -0.4 is 0 Å². The smallest absolute Gasteiger partial charge is 0.161 e. The minimum atomic E-state index is -0.302. The molecule has 0 amide bonds. The van der Waals surface area contributed by atoms with Crippen molar-refractivity contribution in [2.24, 2.45) is 5.41 Å². The van der Waals surface area contributed by atoms with E-state index in [9.17, 15) is 4.79 Å². The summed E-state index contributed by atoms with van der Waals surface area (Å²) in [6.45, 7) is 5.73. The molecule has 2 nitrogen and oxygen atoms in total. The summed E-state index contributed by atoms with van der Waals surface area (Å²) in [6.07, 6.45) is 6.85. The number of aromatic nitrogens is 1. The first-order valence-corrected chi connectivity index (χ1v) is 4.63. The number of carbonyl (C=O) groups excluding carboxylic acids is 1. The van der Waals surface area contributed by atoms with Crippen molar-refractivity contribution in [2.45, 2.75) is 20.8 Å². The molecule has 2 heteroatoms. The Morgan fingerprint density at radius 3 is 2.36 bits per heavy atom. The van der Waals surface area contributed by atoms with Crippen molar-refractivity contribution in [1.29, 1.82) is 0 Å². The fraction of sp³-hybridized carbons (Fsp3) is 0.333. The zero-order chi connectivity index (χ0) is 10.6. The molecule has 1 aromatic rings. The Kier molecular flexibility index (Phi) is 3.18. The topological polar surface area (TPSA) is 30.0 Å². The van der Waals surface area contributed by atoms with E-state index in [1.807, 2.05) is 39.0 Å². The van der Waals surface area contributed by atoms with Gasteiger partial charge in [-0.05, 0) is 23.8 Å². The molecule has 0 saturated carbocycles. The van der Waals surface area contributed by atoms with Gasteiger partial charge in [-0.2, -0.15) is 0 Å². The summed E-state index contributed by atoms with van der Waals surface area (Å²) in [5.74, 6) is 0.134. The predicted molar refractivity (Wildman–Crippen MR) is 57.7 cm³/mol. The lowest BCUT2D eigenvalue weighted by Gasteiger charge is -2.12. The first kappa shape index (κ1) is 10.6. The zero-order valence-electron chi connectivity index (χ0n) is 8.82. The van der Waals surface area contributed by atoms with Crippen LogP contribution in [0.4, 0.5) is 0 Å². The highest BCUT2D eigenvalue weighted by Gasteiger charge is 2.17. The SMILES string of the molecule is CC(C)(C)C(=O)C=Cc1ccncc1. The highest BCUT2D eigenvalue weighted by atomic mass is 16.1. The average Bonchev–Trinajstić information content (AvgIpc) is 2.14. The van der Waals surface area contributed by atoms with E-state index in [1.54, 1.807) is 18.5 Å². The molecule has 74 valence electrons. The first-order valence-electron chi connectivity index (χ1n) is 4.63. The van der Waals surface area contributed by atoms with Crippen LogP contribution in [0.5, 0.6) is 0 Å². The van der Waals surface area contributed by atoms with Gasteiger partial charge >= 0.3 is 0 Å². The molecule has 1 heterocycles. The Morgan fingerprint density at radius 2 is 1.86 bits per heavy atom. The van der Waals surface area contributed by atoms with Gasteiger partial charge in [0.15, 0.2) is 5.78 Å². The predicted octanol–water partition coefficient (Wildman–Crippen LogP) is 2.71. The normalized spacial score (nSPS) is 11.9. The molecule has 0 saturated heterocycles. The van der Waals surface area contributed by atoms with Gasteiger partial charge < -0.3 is 0 Å². The van der Waals surface area contributed by atoms with Crippen LogP contribution in [0.3, 0.4) is 0 Å². The van der Waals surface area contributed by atoms with Crippen molar-refractivity contribution >= 4 is 11.9 Å². The molecule has 0 aromatic carbocycles. The number of hydrogen-bond donors (Lipinski definition) is 0. The van der Waals surface area contributed by atoms with E-state index in [0.717, 1.165) is 5.56 Å². The second-order valence-corrected chi connectivity index (χ2v) is 4.23. The van der Waals surface area contributed by atoms with Crippen LogP contribution in [0.2, 0.25) is 0 Å². The summed E-state index contributed by atoms with van der Waals surface area (Å²) < 4.78 is 0. The Morgan fingerprint density at radius 1 is 1.29 bits per heavy atom. The quantitative estimate of drug-likeness (QED) is 0.669. The molecule has 0 aliphatic rings. The number of pyridine rings is 1. The van der Waals surface area contributed by atoms with Gasteiger partial charge in [0, 0.05) is 17.8 Å². The molecule has 0 spiro atoms. The van der Waals surface area contributed by atoms with Crippen LogP contribution in [-0.4, -0.2) is 10.8 Å². The molecular weight excluding hydrogens is 174 g/mol. The molecule has 0 aliphatic heterocycles. The van der Waals surface area contributed by atoms with E-state index in [4.69, 9.17) is 0 Å². The fourth-order valence-electron chi connectivity index (χ4n) is 0.896. The molecule has 1 aromatic heterocycles. The molecule has 14 heavy (non-hydrogen) atoms. The van der Waals surface area contributed by atoms with Gasteiger partial charge in [-0.15, -0.1) is 0 Å². The van der Waals surface area contributed by atoms with Crippen LogP contribution in [0.25, 0.3) is 6.08 Å². The average molecular weight is 189 g/mol. The van der Waals surface area contributed by atoms with Crippen LogP contribution in [0.1, 0.15) is 26.3 Å². The van der Waals surface area contributed by atoms with Crippen molar-refractivity contribution in [3.63, 3.8) is 0 Å². The Labute approximate surface area is 84.7 Å². The molecule has 0 aliphatic carbocycles. The van der Waals surface area contributed by atoms with Gasteiger partial charge in [-0.1, -0.05) is 26.8 Å². The minimum Gasteiger partial charge on any atom is -0.294 e. The Hall–Kier alpha value is -1.44. The van der Waals surface area contributed by atoms with Crippen molar-refractivity contribution < 1.29 is 4.79 Å². The van der Waals surface area contributed by atoms with E-state index in [2.05, 4.69) is 4.98 Å². The molecule has 1 rings (SSSR count). The number of ketones is 1. The maximum atomic E-state index is 11.5. The minimum absolute atomic E-state index is 0.134. The van der Waals surface area contributed by atoms with Gasteiger partial charge in [-0.3, -0.25) is 9.78 Å². The standard InChI is InChI=1S/C12H15NO/c1-12(2,3)11(14)5-4-10-6-8-13-9-7-10/h4-9H,1-3H3. The van der Waals surface area contributed by atoms with Crippen molar-refractivity contribution in [3.8, 4) is 0 Å². The summed E-state index contributed by atoms with van der Waals surface area (Å²) in [5.41, 5.74) is 0.696. The molecule has 0 fully saturated rings. The van der Waals surface area contributed by atoms with Crippen LogP contribution in [0.15, 0.2) is 30.6 Å². The summed E-state index contributed by atoms with van der Waals surface area (Å²) >= 11 is 0. The number of nitrogens with zero attached hydrogens (tertiary/aromatic N) is 1. The zero-order valence-corrected chi connectivity index (χ0v) is 8.82. The fourth-order valence-corrected chi connectivity index (χ4v) is 0.896. The van der Waals surface area contributed by atoms with Crippen LogP contribution >= 0.6 is 0 Å². The van der Waals surface area contributed by atoms with Gasteiger partial charge in [0.2, 0.25) is 0 Å². The second kappa shape index (κ2) is 4.18. The van der Waals surface area contributed by atoms with Crippen molar-refractivity contribution in [2.75, 3.05) is 0 Å². The van der Waals surface area contributed by atoms with Gasteiger partial charge in [0.25, 0.3) is 0 Å². The van der Waals surface area contributed by atoms with Gasteiger partial charge in [0.1, 0.15) is 0 Å². The maximum Gasteiger partial charge on any atom is 0.161 e. The third kappa shape index (κ3) is 3.13. The number of carbonyl (C=O) groups is 1. The van der Waals surface area contributed by atoms with Gasteiger partial charge in [0.05, 0.1) is 0 Å². The lowest BCUT2D eigenvalue weighted by molar-refractivity contribution is -0.121. The van der Waals surface area contributed by atoms with E-state index < -0.39 is 0 Å². The highest BCUT2D eigenvalue weighted by molar-refractivity contribution is 5.97. The molecule has 0 bridgehead atoms. The summed E-state index contributed by atoms with van der Waals surface area (Å²) in [7, 11) is 0. The maximum absolute atomic E-state index is 11.5. The van der Waals surface area contributed by atoms with E-state index in [0.29, 0.717) is 0 Å². The lowest BCUT2D eigenvalue weighted by Crippen LogP contribution is -2.17. The second-order valence-electron chi connectivity index (χ2n) is 4.23. The monoisotopic (exact) mass is 189 g/mol. The lowest BCUT2D eigenvalue weighted by atomic mass is 9.90. The molecular formula is C12H15NO. The first-order chi connectivity index (χ1) is 6.50. The number of hydrogen-bond acceptors (Lipinski definition) is 2. The summed E-state index contributed by atoms with van der Waals surface area (Å²) in [5, 5.41) is 0. The van der Waals surface area contributed by atoms with E-state index >= 15 is 0 Å². The van der Waals surface area contributed by atoms with E-state index in [-0.39, 0.29) is 11.2 Å². The van der Waals surface area contributed by atoms with Crippen LogP contribution in [-0.2, 0) is 4.79 Å². The van der Waals surface area contributed by atoms with Gasteiger partial charge in [-0.25, -0.2) is 0 Å². The molecule has 0 unspecified atom stereocenters. The van der Waals surface area contributed by atoms with Crippen LogP contribution in [0, 0.1) is 5.41 Å². The highest BCUT2D eigenvalue weighted by Crippen LogP contribution is 2.15.